The quantitative estimate of drug-likeness (QED) is 0.459. The first-order chi connectivity index (χ1) is 13.1. The number of esters is 2. The van der Waals surface area contributed by atoms with Crippen molar-refractivity contribution in [2.24, 2.45) is 0 Å². The van der Waals surface area contributed by atoms with Crippen molar-refractivity contribution in [1.82, 2.24) is 4.90 Å². The molecule has 3 unspecified atom stereocenters. The Morgan fingerprint density at radius 3 is 2.61 bits per heavy atom. The van der Waals surface area contributed by atoms with Crippen LogP contribution in [0.1, 0.15) is 31.9 Å². The summed E-state index contributed by atoms with van der Waals surface area (Å²) in [6.45, 7) is 8.28. The van der Waals surface area contributed by atoms with E-state index in [0.717, 1.165) is 0 Å². The van der Waals surface area contributed by atoms with Crippen LogP contribution in [0.5, 0.6) is 5.75 Å². The minimum atomic E-state index is -1.81. The number of hydroxylamine groups is 1. The van der Waals surface area contributed by atoms with Crippen LogP contribution in [0.2, 0.25) is 0 Å². The highest BCUT2D eigenvalue weighted by Crippen LogP contribution is 2.55. The molecule has 2 fully saturated rings. The smallest absolute Gasteiger partial charge is 0.308 e. The van der Waals surface area contributed by atoms with Crippen LogP contribution in [-0.2, 0) is 30.6 Å². The minimum absolute atomic E-state index is 0.0207. The van der Waals surface area contributed by atoms with E-state index in [0.29, 0.717) is 23.4 Å². The minimum Gasteiger partial charge on any atom is -0.461 e. The topological polar surface area (TPSA) is 105 Å². The molecule has 1 N–H and O–H groups in total. The fourth-order valence-electron chi connectivity index (χ4n) is 4.00. The van der Waals surface area contributed by atoms with Gasteiger partial charge in [0.2, 0.25) is 11.7 Å². The van der Waals surface area contributed by atoms with Crippen LogP contribution in [-0.4, -0.2) is 52.3 Å². The van der Waals surface area contributed by atoms with Crippen molar-refractivity contribution in [3.8, 4) is 5.75 Å². The molecule has 28 heavy (non-hydrogen) atoms. The second-order valence-electron chi connectivity index (χ2n) is 7.13. The van der Waals surface area contributed by atoms with E-state index in [1.54, 1.807) is 17.0 Å². The molecule has 3 heterocycles. The first-order valence-electron chi connectivity index (χ1n) is 8.80. The predicted octanol–water partition coefficient (Wildman–Crippen LogP) is 0.741. The zero-order valence-corrected chi connectivity index (χ0v) is 15.7. The van der Waals surface area contributed by atoms with Crippen molar-refractivity contribution in [2.75, 3.05) is 11.6 Å². The Kier molecular flexibility index (Phi) is 3.98. The van der Waals surface area contributed by atoms with Crippen molar-refractivity contribution < 1.29 is 33.8 Å². The highest BCUT2D eigenvalue weighted by molar-refractivity contribution is 5.90. The van der Waals surface area contributed by atoms with Gasteiger partial charge in [0, 0.05) is 26.3 Å². The van der Waals surface area contributed by atoms with Crippen LogP contribution in [0.4, 0.5) is 5.69 Å². The number of aliphatic hydroxyl groups is 1. The maximum Gasteiger partial charge on any atom is 0.308 e. The summed E-state index contributed by atoms with van der Waals surface area (Å²) in [5.41, 5.74) is 1.72. The first kappa shape index (κ1) is 18.5. The summed E-state index contributed by atoms with van der Waals surface area (Å²) >= 11 is 0. The molecule has 0 spiro atoms. The molecule has 148 valence electrons. The molecule has 3 aliphatic rings. The molecule has 0 radical (unpaired) electrons. The number of nitrogens with zero attached hydrogens (tertiary/aromatic N) is 2. The summed E-state index contributed by atoms with van der Waals surface area (Å²) in [7, 11) is 0. The van der Waals surface area contributed by atoms with E-state index in [-0.39, 0.29) is 29.9 Å². The molecule has 3 atom stereocenters. The third-order valence-electron chi connectivity index (χ3n) is 5.14. The van der Waals surface area contributed by atoms with Gasteiger partial charge in [0.25, 0.3) is 0 Å². The van der Waals surface area contributed by atoms with E-state index < -0.39 is 23.8 Å². The molecular weight excluding hydrogens is 368 g/mol. The lowest BCUT2D eigenvalue weighted by Gasteiger charge is -2.44. The van der Waals surface area contributed by atoms with Gasteiger partial charge in [-0.1, -0.05) is 6.58 Å². The highest BCUT2D eigenvalue weighted by atomic mass is 16.8. The van der Waals surface area contributed by atoms with E-state index in [2.05, 4.69) is 6.58 Å². The normalized spacial score (nSPS) is 26.9. The van der Waals surface area contributed by atoms with Crippen LogP contribution in [0, 0.1) is 0 Å². The first-order valence-corrected chi connectivity index (χ1v) is 8.80. The maximum atomic E-state index is 11.9. The van der Waals surface area contributed by atoms with Crippen LogP contribution in [0.3, 0.4) is 0 Å². The Morgan fingerprint density at radius 1 is 1.29 bits per heavy atom. The van der Waals surface area contributed by atoms with Gasteiger partial charge >= 0.3 is 11.9 Å². The lowest BCUT2D eigenvalue weighted by atomic mass is 9.88. The summed E-state index contributed by atoms with van der Waals surface area (Å²) in [5, 5.41) is 12.7. The van der Waals surface area contributed by atoms with Crippen LogP contribution >= 0.6 is 0 Å². The zero-order valence-electron chi connectivity index (χ0n) is 15.7. The zero-order chi connectivity index (χ0) is 20.4. The summed E-state index contributed by atoms with van der Waals surface area (Å²) in [4.78, 5) is 42.0. The summed E-state index contributed by atoms with van der Waals surface area (Å²) in [6.07, 6.45) is 0. The molecule has 3 aliphatic heterocycles. The molecule has 2 saturated heterocycles. The molecule has 1 amide bonds. The number of hydrogen-bond acceptors (Lipinski definition) is 8. The SMILES string of the molecule is C=C1c2c(OC(C)=O)cc(COC(C)=O)cc2N2CC3C(N3C(C)=O)C1(O)O2. The highest BCUT2D eigenvalue weighted by Gasteiger charge is 2.69. The van der Waals surface area contributed by atoms with Gasteiger partial charge in [-0.05, 0) is 17.7 Å². The Morgan fingerprint density at radius 2 is 2.00 bits per heavy atom. The number of fused-ring (bicyclic) bond motifs is 6. The van der Waals surface area contributed by atoms with Crippen molar-refractivity contribution >= 4 is 29.1 Å². The Labute approximate surface area is 161 Å². The van der Waals surface area contributed by atoms with Gasteiger partial charge in [-0.2, -0.15) is 0 Å². The third-order valence-corrected chi connectivity index (χ3v) is 5.14. The molecule has 2 bridgehead atoms. The van der Waals surface area contributed by atoms with E-state index in [1.165, 1.54) is 25.8 Å². The Balaban J connectivity index is 1.80. The number of ether oxygens (including phenoxy) is 2. The monoisotopic (exact) mass is 388 g/mol. The largest absolute Gasteiger partial charge is 0.461 e. The van der Waals surface area contributed by atoms with Gasteiger partial charge in [-0.25, -0.2) is 9.90 Å². The summed E-state index contributed by atoms with van der Waals surface area (Å²) in [6, 6.07) is 2.52. The van der Waals surface area contributed by atoms with Crippen molar-refractivity contribution in [1.29, 1.82) is 0 Å². The van der Waals surface area contributed by atoms with Gasteiger partial charge in [0.1, 0.15) is 18.4 Å². The number of carbonyl (C=O) groups is 3. The summed E-state index contributed by atoms with van der Waals surface area (Å²) < 4.78 is 10.4. The molecule has 0 aliphatic carbocycles. The van der Waals surface area contributed by atoms with Gasteiger partial charge in [-0.3, -0.25) is 14.4 Å². The average Bonchev–Trinajstić information content (AvgIpc) is 3.33. The average molecular weight is 388 g/mol. The molecule has 1 aromatic rings. The van der Waals surface area contributed by atoms with Gasteiger partial charge < -0.3 is 19.5 Å². The van der Waals surface area contributed by atoms with Crippen LogP contribution in [0.15, 0.2) is 18.7 Å². The fraction of sp³-hybridized carbons (Fsp3) is 0.421. The molecule has 9 heteroatoms. The lowest BCUT2D eigenvalue weighted by molar-refractivity contribution is -0.186. The Hall–Kier alpha value is -2.91. The van der Waals surface area contributed by atoms with Gasteiger partial charge in [-0.15, -0.1) is 0 Å². The van der Waals surface area contributed by atoms with Crippen molar-refractivity contribution in [3.63, 3.8) is 0 Å². The molecule has 4 rings (SSSR count). The molecule has 0 aromatic heterocycles. The molecule has 9 nitrogen and oxygen atoms in total. The second kappa shape index (κ2) is 6.05. The van der Waals surface area contributed by atoms with E-state index >= 15 is 0 Å². The lowest BCUT2D eigenvalue weighted by Crippen LogP contribution is -2.55. The van der Waals surface area contributed by atoms with Gasteiger partial charge in [0.15, 0.2) is 0 Å². The molecule has 0 saturated carbocycles. The predicted molar refractivity (Wildman–Crippen MR) is 95.7 cm³/mol. The van der Waals surface area contributed by atoms with E-state index in [4.69, 9.17) is 14.3 Å². The molecular formula is C19H20N2O7. The number of rotatable bonds is 3. The van der Waals surface area contributed by atoms with E-state index in [9.17, 15) is 19.5 Å². The number of benzene rings is 1. The van der Waals surface area contributed by atoms with Crippen LogP contribution < -0.4 is 9.80 Å². The van der Waals surface area contributed by atoms with E-state index in [1.807, 2.05) is 0 Å². The van der Waals surface area contributed by atoms with Crippen LogP contribution in [0.25, 0.3) is 5.57 Å². The number of anilines is 1. The van der Waals surface area contributed by atoms with Crippen molar-refractivity contribution in [2.45, 2.75) is 45.2 Å². The molecule has 1 aromatic carbocycles. The standard InChI is InChI=1S/C19H20N2O7/c1-9-17-14(5-13(8-26-11(3)23)6-16(17)27-12(4)24)20-7-15-18(19(9,25)28-20)21(15)10(2)22/h5-6,15,18,25H,1,7-8H2,2-4H3. The number of amides is 1. The third kappa shape index (κ3) is 2.66. The maximum absolute atomic E-state index is 11.9. The Bertz CT molecular complexity index is 927. The fourth-order valence-corrected chi connectivity index (χ4v) is 4.00. The number of carbonyl (C=O) groups excluding carboxylic acids is 3. The number of hydrogen-bond donors (Lipinski definition) is 1. The van der Waals surface area contributed by atoms with Crippen molar-refractivity contribution in [3.05, 3.63) is 29.8 Å². The summed E-state index contributed by atoms with van der Waals surface area (Å²) in [5.74, 6) is -2.80. The second-order valence-corrected chi connectivity index (χ2v) is 7.13. The van der Waals surface area contributed by atoms with Gasteiger partial charge in [0.05, 0.1) is 23.8 Å².